The molecule has 0 aromatic carbocycles. The minimum atomic E-state index is 0.755. The average molecular weight is 233 g/mol. The van der Waals surface area contributed by atoms with Crippen molar-refractivity contribution in [3.63, 3.8) is 0 Å². The molecule has 0 aromatic heterocycles. The van der Waals surface area contributed by atoms with Crippen LogP contribution in [0.3, 0.4) is 0 Å². The monoisotopic (exact) mass is 232 g/mol. The molecule has 0 nitrogen and oxygen atoms in total. The summed E-state index contributed by atoms with van der Waals surface area (Å²) in [4.78, 5) is 0.755. The van der Waals surface area contributed by atoms with Crippen molar-refractivity contribution in [2.45, 2.75) is 51.3 Å². The molecule has 1 aliphatic rings. The van der Waals surface area contributed by atoms with Crippen LogP contribution < -0.4 is 0 Å². The second-order valence-corrected chi connectivity index (χ2v) is 5.51. The molecule has 0 bridgehead atoms. The number of rotatable bonds is 3. The maximum atomic E-state index is 3.85. The van der Waals surface area contributed by atoms with Crippen molar-refractivity contribution in [2.75, 3.05) is 0 Å². The summed E-state index contributed by atoms with van der Waals surface area (Å²) in [7, 11) is 0. The van der Waals surface area contributed by atoms with Crippen molar-refractivity contribution < 1.29 is 0 Å². The lowest BCUT2D eigenvalue weighted by atomic mass is 9.86. The zero-order valence-electron chi connectivity index (χ0n) is 8.52. The van der Waals surface area contributed by atoms with E-state index in [-0.39, 0.29) is 0 Å². The molecule has 0 spiro atoms. The highest BCUT2D eigenvalue weighted by Crippen LogP contribution is 2.41. The molecule has 1 heteroatoms. The predicted octanol–water partition coefficient (Wildman–Crippen LogP) is 4.23. The molecule has 1 rings (SSSR count). The number of hydrogen-bond donors (Lipinski definition) is 0. The molecule has 0 N–H and O–H groups in total. The fraction of sp³-hybridized carbons (Fsp3) is 1.00. The van der Waals surface area contributed by atoms with Crippen LogP contribution >= 0.6 is 15.9 Å². The molecule has 0 saturated heterocycles. The van der Waals surface area contributed by atoms with E-state index in [1.165, 1.54) is 25.7 Å². The summed E-state index contributed by atoms with van der Waals surface area (Å²) in [5.41, 5.74) is 0. The Kier molecular flexibility index (Phi) is 4.09. The lowest BCUT2D eigenvalue weighted by molar-refractivity contribution is 0.332. The van der Waals surface area contributed by atoms with Crippen molar-refractivity contribution >= 4 is 15.9 Å². The van der Waals surface area contributed by atoms with Crippen LogP contribution in [0.25, 0.3) is 0 Å². The van der Waals surface area contributed by atoms with Gasteiger partial charge in [-0.3, -0.25) is 0 Å². The molecule has 1 fully saturated rings. The summed E-state index contributed by atoms with van der Waals surface area (Å²) in [5.74, 6) is 2.74. The van der Waals surface area contributed by atoms with Gasteiger partial charge in [-0.05, 0) is 24.2 Å². The van der Waals surface area contributed by atoms with Gasteiger partial charge < -0.3 is 0 Å². The van der Waals surface area contributed by atoms with E-state index < -0.39 is 0 Å². The highest BCUT2D eigenvalue weighted by Gasteiger charge is 2.32. The van der Waals surface area contributed by atoms with Gasteiger partial charge in [0, 0.05) is 4.83 Å². The van der Waals surface area contributed by atoms with Crippen LogP contribution in [0.5, 0.6) is 0 Å². The summed E-state index contributed by atoms with van der Waals surface area (Å²) >= 11 is 3.85. The van der Waals surface area contributed by atoms with Crippen molar-refractivity contribution in [1.82, 2.24) is 0 Å². The van der Waals surface area contributed by atoms with Crippen molar-refractivity contribution in [1.29, 1.82) is 0 Å². The Bertz CT molecular complexity index is 131. The molecule has 3 atom stereocenters. The van der Waals surface area contributed by atoms with Crippen molar-refractivity contribution in [3.8, 4) is 0 Å². The van der Waals surface area contributed by atoms with Crippen LogP contribution in [-0.4, -0.2) is 4.83 Å². The number of alkyl halides is 1. The first-order valence-corrected chi connectivity index (χ1v) is 6.22. The van der Waals surface area contributed by atoms with E-state index in [9.17, 15) is 0 Å². The summed E-state index contributed by atoms with van der Waals surface area (Å²) < 4.78 is 0. The Morgan fingerprint density at radius 2 is 2.00 bits per heavy atom. The Hall–Kier alpha value is 0.480. The molecule has 3 unspecified atom stereocenters. The van der Waals surface area contributed by atoms with Crippen LogP contribution in [0.15, 0.2) is 0 Å². The minimum absolute atomic E-state index is 0.755. The third kappa shape index (κ3) is 2.25. The van der Waals surface area contributed by atoms with Crippen LogP contribution in [0.1, 0.15) is 46.5 Å². The standard InChI is InChI=1S/C11H21Br/c1-4-9-6-5-7-10(9)11(12)8(2)3/h8-11H,4-7H2,1-3H3. The Morgan fingerprint density at radius 3 is 2.50 bits per heavy atom. The Balaban J connectivity index is 2.49. The normalized spacial score (nSPS) is 32.8. The van der Waals surface area contributed by atoms with Crippen molar-refractivity contribution in [2.24, 2.45) is 17.8 Å². The van der Waals surface area contributed by atoms with Gasteiger partial charge in [0.1, 0.15) is 0 Å². The molecule has 1 aliphatic carbocycles. The first kappa shape index (κ1) is 10.6. The summed E-state index contributed by atoms with van der Waals surface area (Å²) in [6.45, 7) is 6.98. The topological polar surface area (TPSA) is 0 Å². The van der Waals surface area contributed by atoms with Gasteiger partial charge in [-0.1, -0.05) is 56.0 Å². The third-order valence-corrected chi connectivity index (χ3v) is 5.02. The first-order chi connectivity index (χ1) is 5.66. The molecule has 72 valence electrons. The maximum Gasteiger partial charge on any atom is 0.0199 e. The molecule has 0 amide bonds. The van der Waals surface area contributed by atoms with Crippen LogP contribution in [0, 0.1) is 17.8 Å². The largest absolute Gasteiger partial charge is 0.0885 e. The summed E-state index contributed by atoms with van der Waals surface area (Å²) in [6.07, 6.45) is 5.75. The van der Waals surface area contributed by atoms with E-state index in [0.29, 0.717) is 0 Å². The zero-order chi connectivity index (χ0) is 9.14. The summed E-state index contributed by atoms with van der Waals surface area (Å²) in [6, 6.07) is 0. The molecule has 12 heavy (non-hydrogen) atoms. The maximum absolute atomic E-state index is 3.85. The molecular formula is C11H21Br. The van der Waals surface area contributed by atoms with Crippen LogP contribution in [0.2, 0.25) is 0 Å². The van der Waals surface area contributed by atoms with Gasteiger partial charge in [-0.25, -0.2) is 0 Å². The summed E-state index contributed by atoms with van der Waals surface area (Å²) in [5, 5.41) is 0. The van der Waals surface area contributed by atoms with Gasteiger partial charge in [0.05, 0.1) is 0 Å². The smallest absolute Gasteiger partial charge is 0.0199 e. The number of hydrogen-bond acceptors (Lipinski definition) is 0. The first-order valence-electron chi connectivity index (χ1n) is 5.30. The van der Waals surface area contributed by atoms with Gasteiger partial charge in [0.25, 0.3) is 0 Å². The van der Waals surface area contributed by atoms with Crippen LogP contribution in [0.4, 0.5) is 0 Å². The predicted molar refractivity (Wildman–Crippen MR) is 58.7 cm³/mol. The lowest BCUT2D eigenvalue weighted by Crippen LogP contribution is -2.23. The Morgan fingerprint density at radius 1 is 1.33 bits per heavy atom. The van der Waals surface area contributed by atoms with Gasteiger partial charge in [0.15, 0.2) is 0 Å². The number of halogens is 1. The van der Waals surface area contributed by atoms with Gasteiger partial charge >= 0.3 is 0 Å². The molecule has 0 heterocycles. The average Bonchev–Trinajstić information content (AvgIpc) is 2.49. The second kappa shape index (κ2) is 4.64. The molecule has 0 radical (unpaired) electrons. The highest BCUT2D eigenvalue weighted by molar-refractivity contribution is 9.09. The lowest BCUT2D eigenvalue weighted by Gasteiger charge is -2.26. The molecular weight excluding hydrogens is 212 g/mol. The van der Waals surface area contributed by atoms with Gasteiger partial charge in [0.2, 0.25) is 0 Å². The van der Waals surface area contributed by atoms with Crippen LogP contribution in [-0.2, 0) is 0 Å². The zero-order valence-corrected chi connectivity index (χ0v) is 10.1. The molecule has 0 aromatic rings. The van der Waals surface area contributed by atoms with E-state index >= 15 is 0 Å². The van der Waals surface area contributed by atoms with Crippen molar-refractivity contribution in [3.05, 3.63) is 0 Å². The van der Waals surface area contributed by atoms with Gasteiger partial charge in [-0.2, -0.15) is 0 Å². The van der Waals surface area contributed by atoms with Gasteiger partial charge in [-0.15, -0.1) is 0 Å². The minimum Gasteiger partial charge on any atom is -0.0885 e. The van der Waals surface area contributed by atoms with E-state index in [0.717, 1.165) is 22.6 Å². The Labute approximate surface area is 85.3 Å². The highest BCUT2D eigenvalue weighted by atomic mass is 79.9. The molecule has 1 saturated carbocycles. The fourth-order valence-corrected chi connectivity index (χ4v) is 3.18. The van der Waals surface area contributed by atoms with E-state index in [1.807, 2.05) is 0 Å². The quantitative estimate of drug-likeness (QED) is 0.640. The second-order valence-electron chi connectivity index (χ2n) is 4.45. The van der Waals surface area contributed by atoms with E-state index in [2.05, 4.69) is 36.7 Å². The van der Waals surface area contributed by atoms with E-state index in [4.69, 9.17) is 0 Å². The molecule has 0 aliphatic heterocycles. The SMILES string of the molecule is CCC1CCCC1C(Br)C(C)C. The fourth-order valence-electron chi connectivity index (χ4n) is 2.49. The third-order valence-electron chi connectivity index (χ3n) is 3.29. The van der Waals surface area contributed by atoms with E-state index in [1.54, 1.807) is 0 Å².